The van der Waals surface area contributed by atoms with E-state index in [-0.39, 0.29) is 38.1 Å². The van der Waals surface area contributed by atoms with E-state index in [1.54, 1.807) is 41.5 Å². The first-order valence-corrected chi connectivity index (χ1v) is 8.30. The first kappa shape index (κ1) is 24.4. The molecule has 0 bridgehead atoms. The summed E-state index contributed by atoms with van der Waals surface area (Å²) in [6.07, 6.45) is 0. The molecular weight excluding hydrogens is 340 g/mol. The van der Waals surface area contributed by atoms with Gasteiger partial charge in [0.1, 0.15) is 33.8 Å². The van der Waals surface area contributed by atoms with Gasteiger partial charge in [0.25, 0.3) is 0 Å². The molecule has 0 unspecified atom stereocenters. The number of nitrogens with zero attached hydrogens (tertiary/aromatic N) is 4. The minimum atomic E-state index is -1.11. The quantitative estimate of drug-likeness (QED) is 0.165. The summed E-state index contributed by atoms with van der Waals surface area (Å²) in [7, 11) is 0. The Bertz CT molecular complexity index is 501. The van der Waals surface area contributed by atoms with Crippen LogP contribution in [0.1, 0.15) is 41.5 Å². The normalized spacial score (nSPS) is 15.8. The lowest BCUT2D eigenvalue weighted by molar-refractivity contribution is 0.135. The fourth-order valence-electron chi connectivity index (χ4n) is 1.45. The Hall–Kier alpha value is -1.62. The molecule has 0 aromatic heterocycles. The third-order valence-electron chi connectivity index (χ3n) is 3.95. The van der Waals surface area contributed by atoms with Crippen LogP contribution in [0.4, 0.5) is 0 Å². The monoisotopic (exact) mass is 374 g/mol. The molecule has 0 aliphatic rings. The summed E-state index contributed by atoms with van der Waals surface area (Å²) in [5.74, 6) is 0.183. The summed E-state index contributed by atoms with van der Waals surface area (Å²) in [6, 6.07) is 0. The minimum absolute atomic E-state index is 0.0914. The van der Waals surface area contributed by atoms with E-state index in [1.165, 1.54) is 0 Å². The van der Waals surface area contributed by atoms with Gasteiger partial charge >= 0.3 is 0 Å². The summed E-state index contributed by atoms with van der Waals surface area (Å²) < 4.78 is 0. The van der Waals surface area contributed by atoms with E-state index in [0.29, 0.717) is 0 Å². The van der Waals surface area contributed by atoms with Crippen molar-refractivity contribution in [3.63, 3.8) is 0 Å². The fraction of sp³-hybridized carbons (Fsp3) is 0.875. The fourth-order valence-corrected chi connectivity index (χ4v) is 1.45. The molecule has 0 aromatic carbocycles. The minimum Gasteiger partial charge on any atom is -0.394 e. The van der Waals surface area contributed by atoms with Gasteiger partial charge in [-0.15, -0.1) is 0 Å². The van der Waals surface area contributed by atoms with Crippen molar-refractivity contribution in [1.82, 2.24) is 0 Å². The second-order valence-corrected chi connectivity index (χ2v) is 7.94. The van der Waals surface area contributed by atoms with E-state index in [4.69, 9.17) is 11.5 Å². The van der Waals surface area contributed by atoms with Crippen molar-refractivity contribution in [2.75, 3.05) is 26.4 Å². The van der Waals surface area contributed by atoms with Crippen LogP contribution in [-0.4, -0.2) is 80.7 Å². The Labute approximate surface area is 154 Å². The lowest BCUT2D eigenvalue weighted by atomic mass is 10.0. The second-order valence-electron chi connectivity index (χ2n) is 7.94. The molecule has 152 valence electrons. The molecule has 10 heteroatoms. The zero-order valence-corrected chi connectivity index (χ0v) is 16.6. The van der Waals surface area contributed by atoms with Crippen molar-refractivity contribution >= 4 is 11.7 Å². The number of amidine groups is 2. The molecule has 0 saturated carbocycles. The molecule has 8 N–H and O–H groups in total. The summed E-state index contributed by atoms with van der Waals surface area (Å²) in [4.78, 5) is 8.32. The molecular formula is C16H34N6O4. The maximum atomic E-state index is 9.34. The number of aliphatic hydroxyl groups excluding tert-OH is 4. The third-order valence-corrected chi connectivity index (χ3v) is 3.95. The van der Waals surface area contributed by atoms with Crippen LogP contribution in [0.25, 0.3) is 0 Å². The molecule has 0 heterocycles. The van der Waals surface area contributed by atoms with E-state index < -0.39 is 22.2 Å². The van der Waals surface area contributed by atoms with Gasteiger partial charge in [-0.1, -0.05) is 0 Å². The van der Waals surface area contributed by atoms with Crippen molar-refractivity contribution < 1.29 is 20.4 Å². The lowest BCUT2D eigenvalue weighted by Crippen LogP contribution is -2.44. The molecule has 0 atom stereocenters. The van der Waals surface area contributed by atoms with E-state index in [1.807, 2.05) is 0 Å². The van der Waals surface area contributed by atoms with Gasteiger partial charge in [-0.25, -0.2) is 0 Å². The van der Waals surface area contributed by atoms with Crippen LogP contribution in [0, 0.1) is 0 Å². The van der Waals surface area contributed by atoms with Crippen LogP contribution in [0.3, 0.4) is 0 Å². The largest absolute Gasteiger partial charge is 0.394 e. The Kier molecular flexibility index (Phi) is 8.30. The average molecular weight is 374 g/mol. The van der Waals surface area contributed by atoms with Gasteiger partial charge in [0.2, 0.25) is 0 Å². The number of hydrogen-bond acceptors (Lipinski definition) is 8. The van der Waals surface area contributed by atoms with Gasteiger partial charge in [0, 0.05) is 0 Å². The average Bonchev–Trinajstić information content (AvgIpc) is 2.59. The number of rotatable bonds is 10. The van der Waals surface area contributed by atoms with Gasteiger partial charge < -0.3 is 31.9 Å². The highest BCUT2D eigenvalue weighted by Gasteiger charge is 2.32. The highest BCUT2D eigenvalue weighted by atomic mass is 16.3. The number of aliphatic hydroxyl groups is 4. The maximum absolute atomic E-state index is 9.34. The van der Waals surface area contributed by atoms with Crippen LogP contribution >= 0.6 is 0 Å². The zero-order chi connectivity index (χ0) is 20.8. The van der Waals surface area contributed by atoms with Gasteiger partial charge in [-0.2, -0.15) is 10.2 Å². The van der Waals surface area contributed by atoms with Gasteiger partial charge in [0.15, 0.2) is 0 Å². The van der Waals surface area contributed by atoms with Crippen molar-refractivity contribution in [3.05, 3.63) is 0 Å². The molecule has 0 aliphatic heterocycles. The highest BCUT2D eigenvalue weighted by Crippen LogP contribution is 2.20. The first-order valence-electron chi connectivity index (χ1n) is 8.30. The maximum Gasteiger partial charge on any atom is 0.132 e. The second kappa shape index (κ2) is 8.85. The molecule has 26 heavy (non-hydrogen) atoms. The topological polar surface area (TPSA) is 182 Å². The van der Waals surface area contributed by atoms with Gasteiger partial charge in [0.05, 0.1) is 26.4 Å². The van der Waals surface area contributed by atoms with Crippen LogP contribution in [0.5, 0.6) is 0 Å². The van der Waals surface area contributed by atoms with Crippen LogP contribution in [-0.2, 0) is 0 Å². The van der Waals surface area contributed by atoms with E-state index in [9.17, 15) is 20.4 Å². The lowest BCUT2D eigenvalue weighted by Gasteiger charge is -2.27. The Morgan fingerprint density at radius 1 is 0.615 bits per heavy atom. The SMILES string of the molecule is CC(CO)(CO)N=C(N)C(C)(C)N=NC(C)(C)C(N)=NC(C)(CO)CO. The first-order chi connectivity index (χ1) is 11.7. The zero-order valence-electron chi connectivity index (χ0n) is 16.6. The molecule has 0 rings (SSSR count). The van der Waals surface area contributed by atoms with Crippen molar-refractivity contribution in [1.29, 1.82) is 0 Å². The number of aliphatic imine (C=N–C) groups is 2. The summed E-state index contributed by atoms with van der Waals surface area (Å²) in [5.41, 5.74) is 7.72. The van der Waals surface area contributed by atoms with Gasteiger partial charge in [-0.3, -0.25) is 9.98 Å². The van der Waals surface area contributed by atoms with Crippen molar-refractivity contribution in [2.45, 2.75) is 63.7 Å². The smallest absolute Gasteiger partial charge is 0.132 e. The van der Waals surface area contributed by atoms with E-state index >= 15 is 0 Å². The van der Waals surface area contributed by atoms with Crippen LogP contribution < -0.4 is 11.5 Å². The van der Waals surface area contributed by atoms with Gasteiger partial charge in [-0.05, 0) is 41.5 Å². The molecule has 0 aromatic rings. The van der Waals surface area contributed by atoms with Crippen molar-refractivity contribution in [2.24, 2.45) is 31.7 Å². The van der Waals surface area contributed by atoms with E-state index in [2.05, 4.69) is 20.2 Å². The molecule has 0 radical (unpaired) electrons. The molecule has 0 spiro atoms. The Morgan fingerprint density at radius 2 is 0.846 bits per heavy atom. The third kappa shape index (κ3) is 6.60. The number of azo groups is 1. The molecule has 0 amide bonds. The Balaban J connectivity index is 5.62. The summed E-state index contributed by atoms with van der Waals surface area (Å²) >= 11 is 0. The summed E-state index contributed by atoms with van der Waals surface area (Å²) in [5, 5.41) is 45.8. The molecule has 0 saturated heterocycles. The standard InChI is InChI=1S/C16H34N6O4/c1-13(2,11(17)19-15(5,7-23)8-24)21-22-14(3,4)12(18)20-16(6,9-25)10-26/h23-26H,7-10H2,1-6H3,(H2,17,19)(H2,18,20). The van der Waals surface area contributed by atoms with Crippen molar-refractivity contribution in [3.8, 4) is 0 Å². The summed E-state index contributed by atoms with van der Waals surface area (Å²) in [6.45, 7) is 8.36. The molecule has 0 fully saturated rings. The number of hydrogen-bond donors (Lipinski definition) is 6. The van der Waals surface area contributed by atoms with E-state index in [0.717, 1.165) is 0 Å². The predicted molar refractivity (Wildman–Crippen MR) is 101 cm³/mol. The predicted octanol–water partition coefficient (Wildman–Crippen LogP) is -0.803. The van der Waals surface area contributed by atoms with Crippen LogP contribution in [0.15, 0.2) is 20.2 Å². The van der Waals surface area contributed by atoms with Crippen LogP contribution in [0.2, 0.25) is 0 Å². The Morgan fingerprint density at radius 3 is 1.04 bits per heavy atom. The number of nitrogens with two attached hydrogens (primary N) is 2. The molecule has 0 aliphatic carbocycles. The highest BCUT2D eigenvalue weighted by molar-refractivity contribution is 5.91. The molecule has 10 nitrogen and oxygen atoms in total.